The quantitative estimate of drug-likeness (QED) is 0.913. The van der Waals surface area contributed by atoms with Crippen molar-refractivity contribution in [1.82, 2.24) is 5.32 Å². The minimum Gasteiger partial charge on any atom is -0.494 e. The molecule has 0 bridgehead atoms. The molecule has 0 spiro atoms. The standard InChI is InChI=1S/C14H16BrNO2/c1-3-17-11-6-4-5-10(9-11)13(16-2)12-7-8-18-14(12)15/h4-9,13,16H,3H2,1-2H3. The first-order chi connectivity index (χ1) is 8.76. The number of nitrogens with one attached hydrogen (secondary N) is 1. The number of hydrogen-bond donors (Lipinski definition) is 1. The van der Waals surface area contributed by atoms with Crippen molar-refractivity contribution in [3.05, 3.63) is 52.4 Å². The van der Waals surface area contributed by atoms with Crippen molar-refractivity contribution in [3.63, 3.8) is 0 Å². The number of ether oxygens (including phenoxy) is 1. The van der Waals surface area contributed by atoms with E-state index >= 15 is 0 Å². The van der Waals surface area contributed by atoms with Crippen LogP contribution < -0.4 is 10.1 Å². The summed E-state index contributed by atoms with van der Waals surface area (Å²) in [6, 6.07) is 10.1. The minimum atomic E-state index is 0.0820. The van der Waals surface area contributed by atoms with Gasteiger partial charge in [-0.1, -0.05) is 12.1 Å². The van der Waals surface area contributed by atoms with E-state index in [1.54, 1.807) is 6.26 Å². The molecular formula is C14H16BrNO2. The molecule has 18 heavy (non-hydrogen) atoms. The Morgan fingerprint density at radius 1 is 1.39 bits per heavy atom. The highest BCUT2D eigenvalue weighted by Gasteiger charge is 2.17. The molecule has 0 saturated heterocycles. The second-order valence-electron chi connectivity index (χ2n) is 3.88. The Morgan fingerprint density at radius 2 is 2.22 bits per heavy atom. The molecule has 2 aromatic rings. The summed E-state index contributed by atoms with van der Waals surface area (Å²) in [5.41, 5.74) is 2.22. The van der Waals surface area contributed by atoms with Crippen LogP contribution in [0.5, 0.6) is 5.75 Å². The Bertz CT molecular complexity index is 510. The van der Waals surface area contributed by atoms with Crippen LogP contribution in [0.15, 0.2) is 45.7 Å². The number of halogens is 1. The van der Waals surface area contributed by atoms with Gasteiger partial charge in [0, 0.05) is 5.56 Å². The molecule has 2 rings (SSSR count). The van der Waals surface area contributed by atoms with E-state index in [9.17, 15) is 0 Å². The molecule has 0 saturated carbocycles. The van der Waals surface area contributed by atoms with Crippen LogP contribution in [0.25, 0.3) is 0 Å². The van der Waals surface area contributed by atoms with Crippen LogP contribution in [-0.4, -0.2) is 13.7 Å². The Morgan fingerprint density at radius 3 is 2.83 bits per heavy atom. The summed E-state index contributed by atoms with van der Waals surface area (Å²) in [4.78, 5) is 0. The highest BCUT2D eigenvalue weighted by atomic mass is 79.9. The zero-order valence-corrected chi connectivity index (χ0v) is 12.0. The Hall–Kier alpha value is -1.26. The lowest BCUT2D eigenvalue weighted by Crippen LogP contribution is -2.17. The van der Waals surface area contributed by atoms with Gasteiger partial charge in [0.2, 0.25) is 0 Å². The molecule has 0 amide bonds. The molecule has 0 aliphatic carbocycles. The largest absolute Gasteiger partial charge is 0.494 e. The fraction of sp³-hybridized carbons (Fsp3) is 0.286. The summed E-state index contributed by atoms with van der Waals surface area (Å²) in [7, 11) is 1.93. The van der Waals surface area contributed by atoms with Crippen LogP contribution in [0.3, 0.4) is 0 Å². The number of benzene rings is 1. The summed E-state index contributed by atoms with van der Waals surface area (Å²) in [5, 5.41) is 3.29. The molecule has 1 aromatic carbocycles. The first kappa shape index (κ1) is 13.2. The van der Waals surface area contributed by atoms with Crippen molar-refractivity contribution < 1.29 is 9.15 Å². The zero-order chi connectivity index (χ0) is 13.0. The average molecular weight is 310 g/mol. The van der Waals surface area contributed by atoms with Gasteiger partial charge in [0.1, 0.15) is 5.75 Å². The van der Waals surface area contributed by atoms with Gasteiger partial charge in [-0.05, 0) is 53.7 Å². The van der Waals surface area contributed by atoms with Crippen molar-refractivity contribution >= 4 is 15.9 Å². The van der Waals surface area contributed by atoms with E-state index in [1.165, 1.54) is 0 Å². The van der Waals surface area contributed by atoms with Crippen LogP contribution in [0.2, 0.25) is 0 Å². The number of rotatable bonds is 5. The fourth-order valence-electron chi connectivity index (χ4n) is 1.96. The summed E-state index contributed by atoms with van der Waals surface area (Å²) in [6.07, 6.45) is 1.68. The molecule has 4 heteroatoms. The lowest BCUT2D eigenvalue weighted by Gasteiger charge is -2.16. The van der Waals surface area contributed by atoms with E-state index in [-0.39, 0.29) is 6.04 Å². The van der Waals surface area contributed by atoms with Crippen molar-refractivity contribution in [2.24, 2.45) is 0 Å². The monoisotopic (exact) mass is 309 g/mol. The van der Waals surface area contributed by atoms with Crippen molar-refractivity contribution in [2.45, 2.75) is 13.0 Å². The molecule has 1 N–H and O–H groups in total. The van der Waals surface area contributed by atoms with Gasteiger partial charge in [-0.25, -0.2) is 0 Å². The predicted octanol–water partition coefficient (Wildman–Crippen LogP) is 3.75. The third-order valence-corrected chi connectivity index (χ3v) is 3.39. The van der Waals surface area contributed by atoms with E-state index in [0.29, 0.717) is 6.61 Å². The topological polar surface area (TPSA) is 34.4 Å². The summed E-state index contributed by atoms with van der Waals surface area (Å²) in [6.45, 7) is 2.65. The average Bonchev–Trinajstić information content (AvgIpc) is 2.78. The molecule has 0 aliphatic heterocycles. The van der Waals surface area contributed by atoms with Crippen molar-refractivity contribution in [1.29, 1.82) is 0 Å². The van der Waals surface area contributed by atoms with E-state index < -0.39 is 0 Å². The Labute approximate surface area is 115 Å². The van der Waals surface area contributed by atoms with Gasteiger partial charge in [0.25, 0.3) is 0 Å². The number of furan rings is 1. The van der Waals surface area contributed by atoms with Gasteiger partial charge >= 0.3 is 0 Å². The maximum absolute atomic E-state index is 5.53. The van der Waals surface area contributed by atoms with Gasteiger partial charge in [0.15, 0.2) is 4.67 Å². The lowest BCUT2D eigenvalue weighted by atomic mass is 10.0. The van der Waals surface area contributed by atoms with Crippen LogP contribution in [0, 0.1) is 0 Å². The van der Waals surface area contributed by atoms with Crippen molar-refractivity contribution in [2.75, 3.05) is 13.7 Å². The van der Waals surface area contributed by atoms with E-state index in [4.69, 9.17) is 9.15 Å². The molecule has 1 heterocycles. The molecule has 96 valence electrons. The third-order valence-electron chi connectivity index (χ3n) is 2.75. The second kappa shape index (κ2) is 6.07. The van der Waals surface area contributed by atoms with E-state index in [2.05, 4.69) is 27.3 Å². The highest BCUT2D eigenvalue weighted by Crippen LogP contribution is 2.30. The highest BCUT2D eigenvalue weighted by molar-refractivity contribution is 9.10. The molecule has 1 unspecified atom stereocenters. The van der Waals surface area contributed by atoms with E-state index in [1.807, 2.05) is 38.2 Å². The van der Waals surface area contributed by atoms with E-state index in [0.717, 1.165) is 21.5 Å². The maximum Gasteiger partial charge on any atom is 0.174 e. The van der Waals surface area contributed by atoms with Crippen LogP contribution in [0.4, 0.5) is 0 Å². The minimum absolute atomic E-state index is 0.0820. The van der Waals surface area contributed by atoms with Gasteiger partial charge in [-0.3, -0.25) is 0 Å². The van der Waals surface area contributed by atoms with Crippen LogP contribution in [0.1, 0.15) is 24.1 Å². The zero-order valence-electron chi connectivity index (χ0n) is 10.4. The smallest absolute Gasteiger partial charge is 0.174 e. The molecule has 1 atom stereocenters. The molecule has 1 aromatic heterocycles. The Kier molecular flexibility index (Phi) is 4.44. The fourth-order valence-corrected chi connectivity index (χ4v) is 2.43. The van der Waals surface area contributed by atoms with Gasteiger partial charge in [-0.2, -0.15) is 0 Å². The Balaban J connectivity index is 2.33. The molecule has 0 radical (unpaired) electrons. The normalized spacial score (nSPS) is 12.4. The molecular weight excluding hydrogens is 294 g/mol. The SMILES string of the molecule is CCOc1cccc(C(NC)c2ccoc2Br)c1. The molecule has 0 aliphatic rings. The maximum atomic E-state index is 5.53. The first-order valence-electron chi connectivity index (χ1n) is 5.89. The lowest BCUT2D eigenvalue weighted by molar-refractivity contribution is 0.339. The molecule has 3 nitrogen and oxygen atoms in total. The summed E-state index contributed by atoms with van der Waals surface area (Å²) >= 11 is 3.42. The van der Waals surface area contributed by atoms with Gasteiger partial charge in [-0.15, -0.1) is 0 Å². The second-order valence-corrected chi connectivity index (χ2v) is 4.60. The van der Waals surface area contributed by atoms with Crippen LogP contribution in [-0.2, 0) is 0 Å². The van der Waals surface area contributed by atoms with Crippen molar-refractivity contribution in [3.8, 4) is 5.75 Å². The predicted molar refractivity (Wildman–Crippen MR) is 74.9 cm³/mol. The van der Waals surface area contributed by atoms with Gasteiger partial charge < -0.3 is 14.5 Å². The molecule has 0 fully saturated rings. The summed E-state index contributed by atoms with van der Waals surface area (Å²) < 4.78 is 11.6. The third kappa shape index (κ3) is 2.76. The van der Waals surface area contributed by atoms with Crippen LogP contribution >= 0.6 is 15.9 Å². The number of hydrogen-bond acceptors (Lipinski definition) is 3. The summed E-state index contributed by atoms with van der Waals surface area (Å²) in [5.74, 6) is 0.884. The van der Waals surface area contributed by atoms with Gasteiger partial charge in [0.05, 0.1) is 18.9 Å². The first-order valence-corrected chi connectivity index (χ1v) is 6.68.